The minimum absolute atomic E-state index is 0.0560. The fourth-order valence-electron chi connectivity index (χ4n) is 4.73. The van der Waals surface area contributed by atoms with E-state index < -0.39 is 35.4 Å². The van der Waals surface area contributed by atoms with Gasteiger partial charge in [0.2, 0.25) is 5.91 Å². The summed E-state index contributed by atoms with van der Waals surface area (Å²) in [5, 5.41) is 6.12. The quantitative estimate of drug-likeness (QED) is 0.184. The number of halogens is 7. The third-order valence-electron chi connectivity index (χ3n) is 6.98. The smallest absolute Gasteiger partial charge is 0.352 e. The summed E-state index contributed by atoms with van der Waals surface area (Å²) in [6.45, 7) is 4.06. The van der Waals surface area contributed by atoms with Crippen molar-refractivity contribution in [3.05, 3.63) is 70.3 Å². The topological polar surface area (TPSA) is 41.1 Å². The number of hydrogen-bond acceptors (Lipinski definition) is 2. The molecule has 2 atom stereocenters. The molecule has 0 radical (unpaired) electrons. The van der Waals surface area contributed by atoms with Crippen LogP contribution in [0.1, 0.15) is 60.9 Å². The van der Waals surface area contributed by atoms with Gasteiger partial charge in [-0.05, 0) is 60.1 Å². The van der Waals surface area contributed by atoms with E-state index in [0.717, 1.165) is 16.4 Å². The van der Waals surface area contributed by atoms with Gasteiger partial charge >= 0.3 is 12.4 Å². The number of hydrogen-bond donors (Lipinski definition) is 2. The number of carbonyl (C=O) groups is 1. The summed E-state index contributed by atoms with van der Waals surface area (Å²) < 4.78 is 79.9. The second-order valence-electron chi connectivity index (χ2n) is 9.68. The van der Waals surface area contributed by atoms with Crippen molar-refractivity contribution in [2.24, 2.45) is 11.3 Å². The lowest BCUT2D eigenvalue weighted by molar-refractivity contribution is -0.143. The Balaban J connectivity index is 1.68. The first kappa shape index (κ1) is 28.7. The Morgan fingerprint density at radius 3 is 2.00 bits per heavy atom. The summed E-state index contributed by atoms with van der Waals surface area (Å²) in [5.74, 6) is -0.404. The highest BCUT2D eigenvalue weighted by Gasteiger charge is 2.47. The number of amides is 1. The molecule has 1 fully saturated rings. The molecule has 1 amide bonds. The molecule has 2 N–H and O–H groups in total. The molecule has 0 aromatic heterocycles. The molecule has 10 heteroatoms. The zero-order valence-corrected chi connectivity index (χ0v) is 22.2. The van der Waals surface area contributed by atoms with Crippen molar-refractivity contribution >= 4 is 28.5 Å². The van der Waals surface area contributed by atoms with Gasteiger partial charge in [0.25, 0.3) is 0 Å². The second-order valence-corrected chi connectivity index (χ2v) is 10.4. The molecule has 1 aliphatic rings. The van der Waals surface area contributed by atoms with Crippen LogP contribution < -0.4 is 10.6 Å². The largest absolute Gasteiger partial charge is 0.416 e. The maximum atomic E-state index is 13.3. The molecule has 0 heterocycles. The van der Waals surface area contributed by atoms with Gasteiger partial charge in [0.15, 0.2) is 0 Å². The molecule has 1 saturated carbocycles. The van der Waals surface area contributed by atoms with Gasteiger partial charge < -0.3 is 10.6 Å². The Hall–Kier alpha value is -1.82. The summed E-state index contributed by atoms with van der Waals surface area (Å²) >= 11 is 2.30. The maximum Gasteiger partial charge on any atom is 0.416 e. The summed E-state index contributed by atoms with van der Waals surface area (Å²) in [7, 11) is 0. The van der Waals surface area contributed by atoms with E-state index in [1.165, 1.54) is 5.56 Å². The van der Waals surface area contributed by atoms with Crippen LogP contribution in [0.2, 0.25) is 0 Å². The van der Waals surface area contributed by atoms with Crippen LogP contribution in [0.3, 0.4) is 0 Å². The molecule has 0 spiro atoms. The van der Waals surface area contributed by atoms with E-state index in [0.29, 0.717) is 31.5 Å². The first-order valence-corrected chi connectivity index (χ1v) is 13.2. The van der Waals surface area contributed by atoms with Gasteiger partial charge in [0.05, 0.1) is 16.5 Å². The van der Waals surface area contributed by atoms with E-state index in [1.807, 2.05) is 13.8 Å². The van der Waals surface area contributed by atoms with Gasteiger partial charge in [-0.3, -0.25) is 4.79 Å². The minimum Gasteiger partial charge on any atom is -0.352 e. The van der Waals surface area contributed by atoms with E-state index in [1.54, 1.807) is 0 Å². The molecule has 0 bridgehead atoms. The van der Waals surface area contributed by atoms with E-state index in [4.69, 9.17) is 0 Å². The fraction of sp³-hybridized carbons (Fsp3) is 0.500. The Bertz CT molecular complexity index is 1020. The zero-order valence-electron chi connectivity index (χ0n) is 20.0. The molecule has 1 aliphatic carbocycles. The molecule has 36 heavy (non-hydrogen) atoms. The number of benzene rings is 2. The third-order valence-corrected chi connectivity index (χ3v) is 7.86. The van der Waals surface area contributed by atoms with E-state index >= 15 is 0 Å². The molecule has 3 rings (SSSR count). The van der Waals surface area contributed by atoms with Crippen molar-refractivity contribution in [2.75, 3.05) is 0 Å². The SMILES string of the molecule is CC(C)[C@]1(C(=O)NCc2cc(C(F)(F)F)cc(C(F)(F)F)c2)CC[C@@H](NCc2ccc(CI)cc2)C1. The Labute approximate surface area is 220 Å². The fourth-order valence-corrected chi connectivity index (χ4v) is 5.24. The molecule has 3 nitrogen and oxygen atoms in total. The van der Waals surface area contributed by atoms with Crippen LogP contribution in [0.25, 0.3) is 0 Å². The van der Waals surface area contributed by atoms with Gasteiger partial charge in [-0.2, -0.15) is 26.3 Å². The number of nitrogens with one attached hydrogen (secondary N) is 2. The molecule has 2 aromatic rings. The average molecular weight is 626 g/mol. The van der Waals surface area contributed by atoms with Crippen molar-refractivity contribution in [1.82, 2.24) is 10.6 Å². The number of rotatable bonds is 8. The highest BCUT2D eigenvalue weighted by molar-refractivity contribution is 14.1. The van der Waals surface area contributed by atoms with Gasteiger partial charge in [-0.25, -0.2) is 0 Å². The van der Waals surface area contributed by atoms with Crippen LogP contribution in [-0.4, -0.2) is 11.9 Å². The molecule has 0 unspecified atom stereocenters. The van der Waals surface area contributed by atoms with Crippen LogP contribution in [0, 0.1) is 11.3 Å². The number of carbonyl (C=O) groups excluding carboxylic acids is 1. The number of alkyl halides is 7. The van der Waals surface area contributed by atoms with Crippen molar-refractivity contribution in [3.63, 3.8) is 0 Å². The van der Waals surface area contributed by atoms with Crippen LogP contribution in [0.5, 0.6) is 0 Å². The van der Waals surface area contributed by atoms with Gasteiger partial charge in [-0.1, -0.05) is 60.7 Å². The first-order chi connectivity index (χ1) is 16.7. The molecule has 2 aromatic carbocycles. The summed E-state index contributed by atoms with van der Waals surface area (Å²) in [6, 6.07) is 9.73. The normalized spacial score (nSPS) is 20.7. The summed E-state index contributed by atoms with van der Waals surface area (Å²) in [6.07, 6.45) is -7.99. The van der Waals surface area contributed by atoms with Crippen LogP contribution in [0.4, 0.5) is 26.3 Å². The van der Waals surface area contributed by atoms with Gasteiger partial charge in [0.1, 0.15) is 0 Å². The van der Waals surface area contributed by atoms with Crippen molar-refractivity contribution < 1.29 is 31.1 Å². The molecule has 0 saturated heterocycles. The van der Waals surface area contributed by atoms with Crippen LogP contribution in [0.15, 0.2) is 42.5 Å². The van der Waals surface area contributed by atoms with E-state index in [-0.39, 0.29) is 29.5 Å². The lowest BCUT2D eigenvalue weighted by Gasteiger charge is -2.32. The first-order valence-electron chi connectivity index (χ1n) is 11.7. The van der Waals surface area contributed by atoms with Crippen molar-refractivity contribution in [1.29, 1.82) is 0 Å². The molecule has 198 valence electrons. The monoisotopic (exact) mass is 626 g/mol. The minimum atomic E-state index is -4.93. The predicted molar refractivity (Wildman–Crippen MR) is 134 cm³/mol. The zero-order chi connectivity index (χ0) is 26.7. The lowest BCUT2D eigenvalue weighted by atomic mass is 9.74. The maximum absolute atomic E-state index is 13.3. The summed E-state index contributed by atoms with van der Waals surface area (Å²) in [5.41, 5.74) is -1.42. The Kier molecular flexibility index (Phi) is 9.01. The Morgan fingerprint density at radius 1 is 0.944 bits per heavy atom. The highest BCUT2D eigenvalue weighted by Crippen LogP contribution is 2.45. The summed E-state index contributed by atoms with van der Waals surface area (Å²) in [4.78, 5) is 13.3. The van der Waals surface area contributed by atoms with Crippen molar-refractivity contribution in [3.8, 4) is 0 Å². The predicted octanol–water partition coefficient (Wildman–Crippen LogP) is 7.26. The van der Waals surface area contributed by atoms with Crippen LogP contribution in [-0.2, 0) is 34.7 Å². The highest BCUT2D eigenvalue weighted by atomic mass is 127. The average Bonchev–Trinajstić information content (AvgIpc) is 3.26. The molecular weight excluding hydrogens is 597 g/mol. The van der Waals surface area contributed by atoms with E-state index in [9.17, 15) is 31.1 Å². The standard InChI is InChI=1S/C26H29F6IN2O/c1-16(2)24(8-7-22(12-24)34-14-18-5-3-17(13-33)4-6-18)23(36)35-15-19-9-20(25(27,28)29)11-21(10-19)26(30,31)32/h3-6,9-11,16,22,34H,7-8,12-15H2,1-2H3,(H,35,36)/t22-,24+/m1/s1. The second kappa shape index (κ2) is 11.3. The Morgan fingerprint density at radius 2 is 1.50 bits per heavy atom. The van der Waals surface area contributed by atoms with E-state index in [2.05, 4.69) is 57.5 Å². The molecular formula is C26H29F6IN2O. The third kappa shape index (κ3) is 6.93. The van der Waals surface area contributed by atoms with Crippen molar-refractivity contribution in [2.45, 2.75) is 69.0 Å². The van der Waals surface area contributed by atoms with Gasteiger partial charge in [-0.15, -0.1) is 0 Å². The van der Waals surface area contributed by atoms with Gasteiger partial charge in [0, 0.05) is 23.6 Å². The van der Waals surface area contributed by atoms with Crippen LogP contribution >= 0.6 is 22.6 Å². The molecule has 0 aliphatic heterocycles. The lowest BCUT2D eigenvalue weighted by Crippen LogP contribution is -2.43.